The van der Waals surface area contributed by atoms with Crippen LogP contribution in [-0.2, 0) is 0 Å². The third-order valence-electron chi connectivity index (χ3n) is 2.42. The third kappa shape index (κ3) is 2.73. The molecule has 2 rings (SSSR count). The number of methoxy groups -OCH3 is 1. The number of hydrogen-bond acceptors (Lipinski definition) is 2. The molecule has 0 amide bonds. The Morgan fingerprint density at radius 1 is 1.11 bits per heavy atom. The minimum atomic E-state index is -0.423. The maximum atomic E-state index is 6.39. The highest BCUT2D eigenvalue weighted by molar-refractivity contribution is 7.11. The molecule has 0 aliphatic heterocycles. The molecule has 0 aliphatic carbocycles. The van der Waals surface area contributed by atoms with E-state index < -0.39 is 5.38 Å². The number of rotatable bonds is 3. The lowest BCUT2D eigenvalue weighted by atomic mass is 10.1. The third-order valence-corrected chi connectivity index (χ3v) is 5.05. The van der Waals surface area contributed by atoms with Gasteiger partial charge in [-0.25, -0.2) is 0 Å². The number of ether oxygens (including phenoxy) is 1. The van der Waals surface area contributed by atoms with E-state index in [1.54, 1.807) is 18.2 Å². The molecule has 0 fully saturated rings. The van der Waals surface area contributed by atoms with Gasteiger partial charge in [-0.15, -0.1) is 22.9 Å². The van der Waals surface area contributed by atoms with Gasteiger partial charge in [0, 0.05) is 16.0 Å². The summed E-state index contributed by atoms with van der Waals surface area (Å²) in [6, 6.07) is 5.16. The zero-order valence-corrected chi connectivity index (χ0v) is 13.1. The van der Waals surface area contributed by atoms with Crippen molar-refractivity contribution >= 4 is 57.7 Å². The first-order chi connectivity index (χ1) is 8.54. The van der Waals surface area contributed by atoms with E-state index >= 15 is 0 Å². The molecule has 2 aromatic rings. The molecule has 1 nitrogen and oxygen atoms in total. The minimum absolute atomic E-state index is 0.423. The zero-order valence-electron chi connectivity index (χ0n) is 9.22. The summed E-state index contributed by atoms with van der Waals surface area (Å²) in [5.41, 5.74) is 0.716. The Morgan fingerprint density at radius 3 is 2.39 bits per heavy atom. The van der Waals surface area contributed by atoms with Crippen LogP contribution in [0.3, 0.4) is 0 Å². The first-order valence-electron chi connectivity index (χ1n) is 4.94. The standard InChI is InChI=1S/C12H8Cl4OS/c1-17-10-5-8(14)6(4-9(10)15)11(16)12-7(13)2-3-18-12/h2-5,11H,1H3. The number of hydrogen-bond donors (Lipinski definition) is 0. The second-order valence-electron chi connectivity index (χ2n) is 3.50. The number of alkyl halides is 1. The van der Waals surface area contributed by atoms with E-state index in [0.29, 0.717) is 26.4 Å². The highest BCUT2D eigenvalue weighted by Gasteiger charge is 2.20. The molecule has 18 heavy (non-hydrogen) atoms. The Kier molecular flexibility index (Phi) is 4.68. The molecule has 1 unspecified atom stereocenters. The van der Waals surface area contributed by atoms with E-state index in [4.69, 9.17) is 51.1 Å². The maximum absolute atomic E-state index is 6.39. The van der Waals surface area contributed by atoms with E-state index in [0.717, 1.165) is 4.88 Å². The van der Waals surface area contributed by atoms with Crippen LogP contribution in [0.5, 0.6) is 5.75 Å². The molecular weight excluding hydrogens is 334 g/mol. The summed E-state index contributed by atoms with van der Waals surface area (Å²) in [6.07, 6.45) is 0. The highest BCUT2D eigenvalue weighted by Crippen LogP contribution is 2.42. The van der Waals surface area contributed by atoms with Crippen molar-refractivity contribution in [2.24, 2.45) is 0 Å². The van der Waals surface area contributed by atoms with Crippen LogP contribution in [0.25, 0.3) is 0 Å². The number of halogens is 4. The molecule has 1 heterocycles. The van der Waals surface area contributed by atoms with Gasteiger partial charge in [0.1, 0.15) is 5.75 Å². The Balaban J connectivity index is 2.46. The largest absolute Gasteiger partial charge is 0.495 e. The summed E-state index contributed by atoms with van der Waals surface area (Å²) in [6.45, 7) is 0. The van der Waals surface area contributed by atoms with Crippen LogP contribution in [-0.4, -0.2) is 7.11 Å². The van der Waals surface area contributed by atoms with Crippen molar-refractivity contribution in [2.45, 2.75) is 5.38 Å². The molecule has 1 atom stereocenters. The molecule has 0 spiro atoms. The lowest BCUT2D eigenvalue weighted by Crippen LogP contribution is -1.94. The second-order valence-corrected chi connectivity index (χ2v) is 6.11. The van der Waals surface area contributed by atoms with Crippen molar-refractivity contribution in [2.75, 3.05) is 7.11 Å². The summed E-state index contributed by atoms with van der Waals surface area (Å²) in [4.78, 5) is 0.849. The van der Waals surface area contributed by atoms with Crippen LogP contribution in [0.2, 0.25) is 15.1 Å². The summed E-state index contributed by atoms with van der Waals surface area (Å²) < 4.78 is 5.09. The van der Waals surface area contributed by atoms with E-state index in [1.165, 1.54) is 18.4 Å². The highest BCUT2D eigenvalue weighted by atomic mass is 35.5. The first-order valence-corrected chi connectivity index (χ1v) is 7.39. The molecule has 0 aliphatic rings. The summed E-state index contributed by atoms with van der Waals surface area (Å²) in [7, 11) is 1.53. The quantitative estimate of drug-likeness (QED) is 0.618. The molecule has 0 saturated carbocycles. The second kappa shape index (κ2) is 5.89. The Hall–Kier alpha value is -0.120. The fourth-order valence-corrected chi connectivity index (χ4v) is 3.76. The summed E-state index contributed by atoms with van der Waals surface area (Å²) in [5, 5.41) is 3.05. The maximum Gasteiger partial charge on any atom is 0.138 e. The van der Waals surface area contributed by atoms with Crippen LogP contribution in [0.4, 0.5) is 0 Å². The predicted molar refractivity (Wildman–Crippen MR) is 80.0 cm³/mol. The van der Waals surface area contributed by atoms with E-state index in [9.17, 15) is 0 Å². The van der Waals surface area contributed by atoms with Gasteiger partial charge in [-0.05, 0) is 23.1 Å². The molecule has 6 heteroatoms. The average molecular weight is 342 g/mol. The lowest BCUT2D eigenvalue weighted by molar-refractivity contribution is 0.415. The Morgan fingerprint density at radius 2 is 1.83 bits per heavy atom. The van der Waals surface area contributed by atoms with Crippen LogP contribution in [0.1, 0.15) is 15.8 Å². The van der Waals surface area contributed by atoms with Gasteiger partial charge in [-0.2, -0.15) is 0 Å². The van der Waals surface area contributed by atoms with E-state index in [2.05, 4.69) is 0 Å². The molecule has 0 N–H and O–H groups in total. The van der Waals surface area contributed by atoms with Crippen molar-refractivity contribution in [1.82, 2.24) is 0 Å². The first kappa shape index (κ1) is 14.3. The minimum Gasteiger partial charge on any atom is -0.495 e. The SMILES string of the molecule is COc1cc(Cl)c(C(Cl)c2sccc2Cl)cc1Cl. The van der Waals surface area contributed by atoms with Crippen LogP contribution >= 0.6 is 57.7 Å². The van der Waals surface area contributed by atoms with Gasteiger partial charge >= 0.3 is 0 Å². The van der Waals surface area contributed by atoms with Gasteiger partial charge in [0.15, 0.2) is 0 Å². The smallest absolute Gasteiger partial charge is 0.138 e. The predicted octanol–water partition coefficient (Wildman–Crippen LogP) is 6.05. The molecule has 0 radical (unpaired) electrons. The molecule has 96 valence electrons. The van der Waals surface area contributed by atoms with Gasteiger partial charge in [-0.1, -0.05) is 34.8 Å². The lowest BCUT2D eigenvalue weighted by Gasteiger charge is -2.13. The van der Waals surface area contributed by atoms with E-state index in [1.807, 2.05) is 5.38 Å². The van der Waals surface area contributed by atoms with Crippen LogP contribution < -0.4 is 4.74 Å². The van der Waals surface area contributed by atoms with Gasteiger partial charge in [-0.3, -0.25) is 0 Å². The van der Waals surface area contributed by atoms with Crippen LogP contribution in [0.15, 0.2) is 23.6 Å². The Labute approximate surface area is 129 Å². The molecule has 1 aromatic heterocycles. The van der Waals surface area contributed by atoms with Gasteiger partial charge in [0.2, 0.25) is 0 Å². The Bertz CT molecular complexity index is 567. The number of benzene rings is 1. The molecular formula is C12H8Cl4OS. The molecule has 1 aromatic carbocycles. The number of thiophene rings is 1. The monoisotopic (exact) mass is 340 g/mol. The van der Waals surface area contributed by atoms with Gasteiger partial charge in [0.25, 0.3) is 0 Å². The molecule has 0 saturated heterocycles. The van der Waals surface area contributed by atoms with E-state index in [-0.39, 0.29) is 0 Å². The molecule has 0 bridgehead atoms. The summed E-state index contributed by atoms with van der Waals surface area (Å²) in [5.74, 6) is 0.520. The fourth-order valence-electron chi connectivity index (χ4n) is 1.52. The van der Waals surface area contributed by atoms with Crippen molar-refractivity contribution in [3.8, 4) is 5.75 Å². The topological polar surface area (TPSA) is 9.23 Å². The van der Waals surface area contributed by atoms with Crippen molar-refractivity contribution in [1.29, 1.82) is 0 Å². The average Bonchev–Trinajstić information content (AvgIpc) is 2.77. The fraction of sp³-hybridized carbons (Fsp3) is 0.167. The van der Waals surface area contributed by atoms with Gasteiger partial charge < -0.3 is 4.74 Å². The van der Waals surface area contributed by atoms with Crippen molar-refractivity contribution < 1.29 is 4.74 Å². The zero-order chi connectivity index (χ0) is 13.3. The van der Waals surface area contributed by atoms with Crippen LogP contribution in [0, 0.1) is 0 Å². The normalized spacial score (nSPS) is 12.5. The summed E-state index contributed by atoms with van der Waals surface area (Å²) >= 11 is 26.2. The van der Waals surface area contributed by atoms with Gasteiger partial charge in [0.05, 0.1) is 22.5 Å². The van der Waals surface area contributed by atoms with Crippen molar-refractivity contribution in [3.63, 3.8) is 0 Å². The van der Waals surface area contributed by atoms with Crippen molar-refractivity contribution in [3.05, 3.63) is 49.1 Å².